The lowest BCUT2D eigenvalue weighted by molar-refractivity contribution is 0.227. The zero-order valence-corrected chi connectivity index (χ0v) is 11.7. The van der Waals surface area contributed by atoms with E-state index in [9.17, 15) is 0 Å². The number of rotatable bonds is 7. The third kappa shape index (κ3) is 3.84. The minimum absolute atomic E-state index is 0.00296. The first-order valence-corrected chi connectivity index (χ1v) is 6.69. The Labute approximate surface area is 111 Å². The summed E-state index contributed by atoms with van der Waals surface area (Å²) in [5, 5.41) is 7.79. The summed E-state index contributed by atoms with van der Waals surface area (Å²) in [6, 6.07) is 10.7. The number of amidine groups is 1. The van der Waals surface area contributed by atoms with Crippen molar-refractivity contribution in [1.82, 2.24) is 4.90 Å². The molecule has 0 saturated carbocycles. The van der Waals surface area contributed by atoms with Crippen LogP contribution in [0.1, 0.15) is 38.2 Å². The number of nitrogens with one attached hydrogen (secondary N) is 1. The maximum absolute atomic E-state index is 7.79. The van der Waals surface area contributed by atoms with Crippen molar-refractivity contribution in [1.29, 1.82) is 5.41 Å². The monoisotopic (exact) mass is 247 g/mol. The molecule has 0 aliphatic rings. The van der Waals surface area contributed by atoms with Crippen LogP contribution in [0.4, 0.5) is 0 Å². The molecule has 0 aliphatic carbocycles. The molecule has 0 radical (unpaired) electrons. The molecule has 3 heteroatoms. The lowest BCUT2D eigenvalue weighted by Crippen LogP contribution is -2.38. The van der Waals surface area contributed by atoms with E-state index < -0.39 is 0 Å². The zero-order valence-electron chi connectivity index (χ0n) is 11.7. The molecule has 0 amide bonds. The molecule has 0 spiro atoms. The van der Waals surface area contributed by atoms with Crippen LogP contribution in [-0.2, 0) is 0 Å². The smallest absolute Gasteiger partial charge is 0.0995 e. The molecule has 3 nitrogen and oxygen atoms in total. The Hall–Kier alpha value is -1.35. The first kappa shape index (κ1) is 14.7. The maximum atomic E-state index is 7.79. The fourth-order valence-corrected chi connectivity index (χ4v) is 2.42. The van der Waals surface area contributed by atoms with Gasteiger partial charge < -0.3 is 10.6 Å². The van der Waals surface area contributed by atoms with E-state index >= 15 is 0 Å². The van der Waals surface area contributed by atoms with Crippen LogP contribution in [0.15, 0.2) is 30.3 Å². The number of benzene rings is 1. The topological polar surface area (TPSA) is 53.1 Å². The summed E-state index contributed by atoms with van der Waals surface area (Å²) in [7, 11) is 2.12. The molecule has 18 heavy (non-hydrogen) atoms. The van der Waals surface area contributed by atoms with Gasteiger partial charge in [-0.1, -0.05) is 44.2 Å². The molecule has 0 aliphatic heterocycles. The van der Waals surface area contributed by atoms with E-state index in [4.69, 9.17) is 11.1 Å². The third-order valence-electron chi connectivity index (χ3n) is 3.61. The third-order valence-corrected chi connectivity index (χ3v) is 3.61. The number of hydrogen-bond donors (Lipinski definition) is 2. The summed E-state index contributed by atoms with van der Waals surface area (Å²) in [5.41, 5.74) is 6.88. The molecular weight excluding hydrogens is 222 g/mol. The second kappa shape index (κ2) is 7.17. The van der Waals surface area contributed by atoms with Gasteiger partial charge in [-0.25, -0.2) is 0 Å². The number of likely N-dealkylation sites (N-methyl/N-ethyl adjacent to an activating group) is 1. The van der Waals surface area contributed by atoms with Gasteiger partial charge in [-0.15, -0.1) is 0 Å². The molecule has 1 aromatic rings. The highest BCUT2D eigenvalue weighted by Crippen LogP contribution is 2.18. The highest BCUT2D eigenvalue weighted by molar-refractivity contribution is 5.84. The molecule has 100 valence electrons. The Kier molecular flexibility index (Phi) is 5.86. The van der Waals surface area contributed by atoms with Gasteiger partial charge in [0.05, 0.1) is 11.8 Å². The first-order chi connectivity index (χ1) is 8.60. The molecule has 0 aromatic heterocycles. The predicted octanol–water partition coefficient (Wildman–Crippen LogP) is 2.83. The number of nitrogens with zero attached hydrogens (tertiary/aromatic N) is 1. The summed E-state index contributed by atoms with van der Waals surface area (Å²) < 4.78 is 0. The lowest BCUT2D eigenvalue weighted by Gasteiger charge is -2.30. The van der Waals surface area contributed by atoms with Crippen molar-refractivity contribution in [2.24, 2.45) is 5.73 Å². The first-order valence-electron chi connectivity index (χ1n) is 6.69. The molecule has 1 aromatic carbocycles. The van der Waals surface area contributed by atoms with Gasteiger partial charge in [0, 0.05) is 12.6 Å². The van der Waals surface area contributed by atoms with Gasteiger partial charge in [-0.2, -0.15) is 0 Å². The SMILES string of the molecule is CCC(CC)N(C)CC(C(=N)N)c1ccccc1. The van der Waals surface area contributed by atoms with Crippen LogP contribution in [0, 0.1) is 5.41 Å². The van der Waals surface area contributed by atoms with E-state index in [0.717, 1.165) is 24.9 Å². The number of hydrogen-bond acceptors (Lipinski definition) is 2. The maximum Gasteiger partial charge on any atom is 0.0995 e. The average molecular weight is 247 g/mol. The molecule has 1 atom stereocenters. The summed E-state index contributed by atoms with van der Waals surface area (Å²) in [4.78, 5) is 2.32. The normalized spacial score (nSPS) is 12.9. The van der Waals surface area contributed by atoms with E-state index in [0.29, 0.717) is 6.04 Å². The molecule has 0 heterocycles. The second-order valence-corrected chi connectivity index (χ2v) is 4.83. The van der Waals surface area contributed by atoms with Crippen molar-refractivity contribution in [3.63, 3.8) is 0 Å². The van der Waals surface area contributed by atoms with Crippen LogP contribution in [0.3, 0.4) is 0 Å². The molecule has 1 unspecified atom stereocenters. The Morgan fingerprint density at radius 3 is 2.22 bits per heavy atom. The molecule has 0 bridgehead atoms. The Balaban J connectivity index is 2.79. The molecular formula is C15H25N3. The summed E-state index contributed by atoms with van der Waals surface area (Å²) in [6.45, 7) is 5.22. The largest absolute Gasteiger partial charge is 0.387 e. The van der Waals surface area contributed by atoms with Crippen molar-refractivity contribution in [2.75, 3.05) is 13.6 Å². The van der Waals surface area contributed by atoms with E-state index in [2.05, 4.69) is 25.8 Å². The zero-order chi connectivity index (χ0) is 13.5. The van der Waals surface area contributed by atoms with Crippen LogP contribution in [0.2, 0.25) is 0 Å². The van der Waals surface area contributed by atoms with Crippen molar-refractivity contribution >= 4 is 5.84 Å². The summed E-state index contributed by atoms with van der Waals surface area (Å²) >= 11 is 0. The minimum atomic E-state index is -0.00296. The van der Waals surface area contributed by atoms with E-state index in [1.54, 1.807) is 0 Å². The van der Waals surface area contributed by atoms with Gasteiger partial charge in [0.25, 0.3) is 0 Å². The quantitative estimate of drug-likeness (QED) is 0.575. The fraction of sp³-hybridized carbons (Fsp3) is 0.533. The fourth-order valence-electron chi connectivity index (χ4n) is 2.42. The van der Waals surface area contributed by atoms with Crippen molar-refractivity contribution in [2.45, 2.75) is 38.6 Å². The molecule has 0 saturated heterocycles. The van der Waals surface area contributed by atoms with Crippen molar-refractivity contribution in [3.05, 3.63) is 35.9 Å². The van der Waals surface area contributed by atoms with Crippen LogP contribution in [0.25, 0.3) is 0 Å². The second-order valence-electron chi connectivity index (χ2n) is 4.83. The Morgan fingerprint density at radius 1 is 1.22 bits per heavy atom. The highest BCUT2D eigenvalue weighted by Gasteiger charge is 2.20. The summed E-state index contributed by atoms with van der Waals surface area (Å²) in [5.74, 6) is 0.246. The molecule has 1 rings (SSSR count). The highest BCUT2D eigenvalue weighted by atomic mass is 15.1. The van der Waals surface area contributed by atoms with E-state index in [1.807, 2.05) is 30.3 Å². The average Bonchev–Trinajstić information content (AvgIpc) is 2.38. The van der Waals surface area contributed by atoms with Gasteiger partial charge in [0.2, 0.25) is 0 Å². The Morgan fingerprint density at radius 2 is 1.78 bits per heavy atom. The minimum Gasteiger partial charge on any atom is -0.387 e. The van der Waals surface area contributed by atoms with Gasteiger partial charge in [-0.3, -0.25) is 5.41 Å². The summed E-state index contributed by atoms with van der Waals surface area (Å²) in [6.07, 6.45) is 2.26. The van der Waals surface area contributed by atoms with Crippen LogP contribution >= 0.6 is 0 Å². The number of nitrogens with two attached hydrogens (primary N) is 1. The molecule has 0 fully saturated rings. The van der Waals surface area contributed by atoms with Crippen LogP contribution in [0.5, 0.6) is 0 Å². The van der Waals surface area contributed by atoms with Crippen LogP contribution < -0.4 is 5.73 Å². The predicted molar refractivity (Wildman–Crippen MR) is 78.1 cm³/mol. The van der Waals surface area contributed by atoms with Crippen molar-refractivity contribution in [3.8, 4) is 0 Å². The standard InChI is InChI=1S/C15H25N3/c1-4-13(5-2)18(3)11-14(15(16)17)12-9-7-6-8-10-12/h6-10,13-14H,4-5,11H2,1-3H3,(H3,16,17). The van der Waals surface area contributed by atoms with Crippen LogP contribution in [-0.4, -0.2) is 30.4 Å². The van der Waals surface area contributed by atoms with E-state index in [1.165, 1.54) is 0 Å². The lowest BCUT2D eigenvalue weighted by atomic mass is 9.96. The van der Waals surface area contributed by atoms with Gasteiger partial charge >= 0.3 is 0 Å². The Bertz CT molecular complexity index is 357. The van der Waals surface area contributed by atoms with Gasteiger partial charge in [-0.05, 0) is 25.5 Å². The van der Waals surface area contributed by atoms with Gasteiger partial charge in [0.15, 0.2) is 0 Å². The van der Waals surface area contributed by atoms with E-state index in [-0.39, 0.29) is 11.8 Å². The van der Waals surface area contributed by atoms with Crippen molar-refractivity contribution < 1.29 is 0 Å². The van der Waals surface area contributed by atoms with Gasteiger partial charge in [0.1, 0.15) is 0 Å². The molecule has 3 N–H and O–H groups in total.